The molecule has 37 heavy (non-hydrogen) atoms. The number of carbonyl (C=O) groups is 1. The Morgan fingerprint density at radius 1 is 1.00 bits per heavy atom. The lowest BCUT2D eigenvalue weighted by Crippen LogP contribution is -2.07. The molecular formula is C30H24ClFN2O3. The van der Waals surface area contributed by atoms with Crippen molar-refractivity contribution in [3.63, 3.8) is 0 Å². The van der Waals surface area contributed by atoms with Crippen molar-refractivity contribution in [3.05, 3.63) is 112 Å². The Hall–Kier alpha value is -4.16. The SMILES string of the molecule is Cc1cc(F)c(-c2cccc(-c3cn4c(Cl)c(C(=O)O)c(C)c(C)c4n3)c2)c(OCc2ccccc2)c1. The summed E-state index contributed by atoms with van der Waals surface area (Å²) in [5, 5.41) is 9.72. The van der Waals surface area contributed by atoms with E-state index in [1.54, 1.807) is 17.5 Å². The van der Waals surface area contributed by atoms with Gasteiger partial charge in [-0.05, 0) is 66.8 Å². The molecule has 2 aromatic heterocycles. The van der Waals surface area contributed by atoms with Crippen molar-refractivity contribution in [1.82, 2.24) is 9.38 Å². The van der Waals surface area contributed by atoms with E-state index in [9.17, 15) is 9.90 Å². The fourth-order valence-corrected chi connectivity index (χ4v) is 4.84. The first-order chi connectivity index (χ1) is 17.7. The van der Waals surface area contributed by atoms with Crippen LogP contribution in [0.1, 0.15) is 32.6 Å². The van der Waals surface area contributed by atoms with E-state index in [1.165, 1.54) is 6.07 Å². The van der Waals surface area contributed by atoms with Crippen LogP contribution < -0.4 is 4.74 Å². The van der Waals surface area contributed by atoms with Gasteiger partial charge < -0.3 is 9.84 Å². The number of hydrogen-bond donors (Lipinski definition) is 1. The molecule has 0 radical (unpaired) electrons. The zero-order chi connectivity index (χ0) is 26.3. The fraction of sp³-hybridized carbons (Fsp3) is 0.133. The maximum Gasteiger partial charge on any atom is 0.339 e. The molecule has 1 N–H and O–H groups in total. The summed E-state index contributed by atoms with van der Waals surface area (Å²) < 4.78 is 23.0. The molecule has 186 valence electrons. The molecule has 7 heteroatoms. The Labute approximate surface area is 218 Å². The molecule has 0 aliphatic carbocycles. The third-order valence-electron chi connectivity index (χ3n) is 6.49. The largest absolute Gasteiger partial charge is 0.488 e. The van der Waals surface area contributed by atoms with E-state index in [1.807, 2.05) is 74.5 Å². The maximum absolute atomic E-state index is 15.3. The number of aromatic nitrogens is 2. The minimum absolute atomic E-state index is 0.0475. The van der Waals surface area contributed by atoms with Crippen LogP contribution in [0.2, 0.25) is 5.15 Å². The summed E-state index contributed by atoms with van der Waals surface area (Å²) in [6.45, 7) is 5.68. The highest BCUT2D eigenvalue weighted by atomic mass is 35.5. The van der Waals surface area contributed by atoms with Gasteiger partial charge in [0.15, 0.2) is 0 Å². The number of aromatic carboxylic acids is 1. The lowest BCUT2D eigenvalue weighted by Gasteiger charge is -2.14. The van der Waals surface area contributed by atoms with Crippen molar-refractivity contribution in [1.29, 1.82) is 0 Å². The first-order valence-corrected chi connectivity index (χ1v) is 12.1. The minimum Gasteiger partial charge on any atom is -0.488 e. The molecule has 2 heterocycles. The number of benzene rings is 3. The lowest BCUT2D eigenvalue weighted by molar-refractivity contribution is 0.0695. The van der Waals surface area contributed by atoms with Gasteiger partial charge in [0.1, 0.15) is 29.0 Å². The number of ether oxygens (including phenoxy) is 1. The predicted octanol–water partition coefficient (Wildman–Crippen LogP) is 7.66. The highest BCUT2D eigenvalue weighted by molar-refractivity contribution is 6.33. The Morgan fingerprint density at radius 3 is 2.46 bits per heavy atom. The van der Waals surface area contributed by atoms with Crippen LogP contribution in [0.4, 0.5) is 4.39 Å². The monoisotopic (exact) mass is 514 g/mol. The molecule has 0 atom stereocenters. The lowest BCUT2D eigenvalue weighted by atomic mass is 9.99. The van der Waals surface area contributed by atoms with E-state index in [0.717, 1.165) is 22.3 Å². The van der Waals surface area contributed by atoms with E-state index in [4.69, 9.17) is 21.3 Å². The number of fused-ring (bicyclic) bond motifs is 1. The van der Waals surface area contributed by atoms with Crippen LogP contribution in [-0.2, 0) is 6.61 Å². The average molecular weight is 515 g/mol. The van der Waals surface area contributed by atoms with Crippen LogP contribution in [0.25, 0.3) is 28.0 Å². The van der Waals surface area contributed by atoms with Crippen LogP contribution in [-0.4, -0.2) is 20.5 Å². The van der Waals surface area contributed by atoms with Gasteiger partial charge >= 0.3 is 5.97 Å². The number of pyridine rings is 1. The predicted molar refractivity (Wildman–Crippen MR) is 143 cm³/mol. The third-order valence-corrected chi connectivity index (χ3v) is 6.86. The van der Waals surface area contributed by atoms with Gasteiger partial charge in [0.25, 0.3) is 0 Å². The van der Waals surface area contributed by atoms with Crippen molar-refractivity contribution in [3.8, 4) is 28.1 Å². The number of hydrogen-bond acceptors (Lipinski definition) is 3. The van der Waals surface area contributed by atoms with Gasteiger partial charge in [-0.2, -0.15) is 0 Å². The van der Waals surface area contributed by atoms with Crippen molar-refractivity contribution in [2.75, 3.05) is 0 Å². The number of carboxylic acid groups (broad SMARTS) is 1. The third kappa shape index (κ3) is 4.56. The summed E-state index contributed by atoms with van der Waals surface area (Å²) in [5.74, 6) is -1.02. The molecule has 0 saturated heterocycles. The zero-order valence-corrected chi connectivity index (χ0v) is 21.3. The fourth-order valence-electron chi connectivity index (χ4n) is 4.49. The first-order valence-electron chi connectivity index (χ1n) is 11.7. The second-order valence-corrected chi connectivity index (χ2v) is 9.37. The summed E-state index contributed by atoms with van der Waals surface area (Å²) in [7, 11) is 0. The van der Waals surface area contributed by atoms with Crippen LogP contribution >= 0.6 is 11.6 Å². The van der Waals surface area contributed by atoms with Crippen LogP contribution in [0.3, 0.4) is 0 Å². The van der Waals surface area contributed by atoms with Crippen molar-refractivity contribution < 1.29 is 19.0 Å². The number of aryl methyl sites for hydroxylation is 2. The summed E-state index contributed by atoms with van der Waals surface area (Å²) >= 11 is 6.46. The first kappa shape index (κ1) is 24.5. The maximum atomic E-state index is 15.3. The molecule has 0 unspecified atom stereocenters. The van der Waals surface area contributed by atoms with Crippen LogP contribution in [0.5, 0.6) is 5.75 Å². The molecule has 0 spiro atoms. The molecule has 0 aliphatic heterocycles. The molecule has 5 nitrogen and oxygen atoms in total. The van der Waals surface area contributed by atoms with Gasteiger partial charge in [0.2, 0.25) is 0 Å². The van der Waals surface area contributed by atoms with Crippen molar-refractivity contribution in [2.24, 2.45) is 0 Å². The van der Waals surface area contributed by atoms with Gasteiger partial charge in [-0.1, -0.05) is 60.1 Å². The highest BCUT2D eigenvalue weighted by Crippen LogP contribution is 2.37. The molecule has 5 rings (SSSR count). The molecule has 0 fully saturated rings. The van der Waals surface area contributed by atoms with Gasteiger partial charge in [0, 0.05) is 11.8 Å². The highest BCUT2D eigenvalue weighted by Gasteiger charge is 2.21. The van der Waals surface area contributed by atoms with E-state index < -0.39 is 5.97 Å². The summed E-state index contributed by atoms with van der Waals surface area (Å²) in [6.07, 6.45) is 1.70. The quantitative estimate of drug-likeness (QED) is 0.236. The van der Waals surface area contributed by atoms with E-state index in [2.05, 4.69) is 0 Å². The molecule has 0 saturated carbocycles. The average Bonchev–Trinajstić information content (AvgIpc) is 3.33. The molecular weight excluding hydrogens is 491 g/mol. The smallest absolute Gasteiger partial charge is 0.339 e. The standard InChI is InChI=1S/C30H24ClFN2O3/c1-17-12-23(32)27(25(13-17)37-16-20-8-5-4-6-9-20)22-11-7-10-21(14-22)24-15-34-28(31)26(30(35)36)18(2)19(3)29(34)33-24/h4-15H,16H2,1-3H3,(H,35,36). The molecule has 0 bridgehead atoms. The Bertz CT molecular complexity index is 1660. The topological polar surface area (TPSA) is 63.8 Å². The van der Waals surface area contributed by atoms with Gasteiger partial charge in [0.05, 0.1) is 16.8 Å². The zero-order valence-electron chi connectivity index (χ0n) is 20.5. The van der Waals surface area contributed by atoms with E-state index >= 15 is 4.39 Å². The van der Waals surface area contributed by atoms with E-state index in [-0.39, 0.29) is 16.5 Å². The summed E-state index contributed by atoms with van der Waals surface area (Å²) in [5.41, 5.74) is 5.99. The second-order valence-electron chi connectivity index (χ2n) is 9.02. The van der Waals surface area contributed by atoms with Crippen LogP contribution in [0.15, 0.2) is 72.9 Å². The van der Waals surface area contributed by atoms with Crippen molar-refractivity contribution >= 4 is 23.2 Å². The Kier molecular flexibility index (Phi) is 6.44. The summed E-state index contributed by atoms with van der Waals surface area (Å²) in [6, 6.07) is 20.4. The normalized spacial score (nSPS) is 11.2. The molecule has 0 amide bonds. The molecule has 0 aliphatic rings. The van der Waals surface area contributed by atoms with Gasteiger partial charge in [-0.25, -0.2) is 14.2 Å². The van der Waals surface area contributed by atoms with Gasteiger partial charge in [-0.15, -0.1) is 0 Å². The minimum atomic E-state index is -1.09. The number of nitrogens with zero attached hydrogens (tertiary/aromatic N) is 2. The number of rotatable bonds is 6. The van der Waals surface area contributed by atoms with Crippen LogP contribution in [0, 0.1) is 26.6 Å². The summed E-state index contributed by atoms with van der Waals surface area (Å²) in [4.78, 5) is 16.5. The Morgan fingerprint density at radius 2 is 1.73 bits per heavy atom. The number of carboxylic acids is 1. The number of imidazole rings is 1. The van der Waals surface area contributed by atoms with Crippen molar-refractivity contribution in [2.45, 2.75) is 27.4 Å². The Balaban J connectivity index is 1.59. The van der Waals surface area contributed by atoms with Gasteiger partial charge in [-0.3, -0.25) is 4.40 Å². The number of halogens is 2. The van der Waals surface area contributed by atoms with E-state index in [0.29, 0.717) is 40.4 Å². The second kappa shape index (κ2) is 9.71. The molecule has 3 aromatic carbocycles. The molecule has 5 aromatic rings.